The standard InChI is InChI=1S/C16H21NO4S/c18-16(19)14-6-3-9-17(11-14)22(20,21)15-8-7-12-4-1-2-5-13(12)10-15/h7-8,10,14H,1-6,9,11H2,(H,18,19). The zero-order chi connectivity index (χ0) is 15.7. The van der Waals surface area contributed by atoms with Crippen molar-refractivity contribution in [3.05, 3.63) is 29.3 Å². The van der Waals surface area contributed by atoms with E-state index in [-0.39, 0.29) is 6.54 Å². The lowest BCUT2D eigenvalue weighted by atomic mass is 9.92. The van der Waals surface area contributed by atoms with Gasteiger partial charge in [-0.05, 0) is 61.8 Å². The van der Waals surface area contributed by atoms with Crippen LogP contribution in [0.1, 0.15) is 36.8 Å². The highest BCUT2D eigenvalue weighted by molar-refractivity contribution is 7.89. The Balaban J connectivity index is 1.87. The average molecular weight is 323 g/mol. The van der Waals surface area contributed by atoms with Gasteiger partial charge in [-0.1, -0.05) is 6.07 Å². The summed E-state index contributed by atoms with van der Waals surface area (Å²) in [6.45, 7) is 0.484. The first-order chi connectivity index (χ1) is 10.5. The minimum atomic E-state index is -3.59. The van der Waals surface area contributed by atoms with Gasteiger partial charge in [-0.15, -0.1) is 0 Å². The van der Waals surface area contributed by atoms with E-state index in [4.69, 9.17) is 5.11 Å². The Morgan fingerprint density at radius 2 is 1.86 bits per heavy atom. The predicted molar refractivity (Wildman–Crippen MR) is 82.2 cm³/mol. The molecule has 3 rings (SSSR count). The summed E-state index contributed by atoms with van der Waals surface area (Å²) < 4.78 is 26.9. The van der Waals surface area contributed by atoms with E-state index in [2.05, 4.69) is 0 Å². The van der Waals surface area contributed by atoms with Crippen molar-refractivity contribution in [3.63, 3.8) is 0 Å². The number of carboxylic acids is 1. The zero-order valence-corrected chi connectivity index (χ0v) is 13.3. The molecule has 1 unspecified atom stereocenters. The minimum absolute atomic E-state index is 0.0781. The fraction of sp³-hybridized carbons (Fsp3) is 0.562. The molecule has 1 saturated heterocycles. The molecule has 1 N–H and O–H groups in total. The molecule has 0 radical (unpaired) electrons. The highest BCUT2D eigenvalue weighted by Gasteiger charge is 2.33. The van der Waals surface area contributed by atoms with Gasteiger partial charge in [0.1, 0.15) is 0 Å². The van der Waals surface area contributed by atoms with E-state index in [0.717, 1.165) is 31.2 Å². The summed E-state index contributed by atoms with van der Waals surface area (Å²) in [5, 5.41) is 9.13. The van der Waals surface area contributed by atoms with Crippen LogP contribution in [0.2, 0.25) is 0 Å². The third-order valence-corrected chi connectivity index (χ3v) is 6.55. The van der Waals surface area contributed by atoms with Gasteiger partial charge in [0.05, 0.1) is 10.8 Å². The largest absolute Gasteiger partial charge is 0.481 e. The lowest BCUT2D eigenvalue weighted by molar-refractivity contribution is -0.142. The number of piperidine rings is 1. The number of nitrogens with zero attached hydrogens (tertiary/aromatic N) is 1. The summed E-state index contributed by atoms with van der Waals surface area (Å²) in [4.78, 5) is 11.4. The van der Waals surface area contributed by atoms with E-state index in [1.165, 1.54) is 9.87 Å². The Kier molecular flexibility index (Phi) is 4.23. The molecule has 2 aliphatic rings. The van der Waals surface area contributed by atoms with Crippen molar-refractivity contribution in [3.8, 4) is 0 Å². The molecule has 1 heterocycles. The first kappa shape index (κ1) is 15.5. The number of sulfonamides is 1. The maximum absolute atomic E-state index is 12.8. The second kappa shape index (κ2) is 6.01. The van der Waals surface area contributed by atoms with Gasteiger partial charge in [0, 0.05) is 13.1 Å². The number of aryl methyl sites for hydroxylation is 2. The molecule has 120 valence electrons. The van der Waals surface area contributed by atoms with Crippen LogP contribution in [0.4, 0.5) is 0 Å². The summed E-state index contributed by atoms with van der Waals surface area (Å²) >= 11 is 0. The van der Waals surface area contributed by atoms with Crippen LogP contribution in [-0.4, -0.2) is 36.9 Å². The van der Waals surface area contributed by atoms with Crippen molar-refractivity contribution < 1.29 is 18.3 Å². The highest BCUT2D eigenvalue weighted by atomic mass is 32.2. The number of benzene rings is 1. The van der Waals surface area contributed by atoms with Gasteiger partial charge in [-0.3, -0.25) is 4.79 Å². The molecule has 22 heavy (non-hydrogen) atoms. The van der Waals surface area contributed by atoms with Crippen molar-refractivity contribution >= 4 is 16.0 Å². The van der Waals surface area contributed by atoms with Gasteiger partial charge < -0.3 is 5.11 Å². The van der Waals surface area contributed by atoms with Crippen LogP contribution >= 0.6 is 0 Å². The molecule has 0 saturated carbocycles. The Bertz CT molecular complexity index is 683. The molecule has 0 bridgehead atoms. The number of carboxylic acid groups (broad SMARTS) is 1. The predicted octanol–water partition coefficient (Wildman–Crippen LogP) is 2.05. The molecule has 1 aliphatic carbocycles. The van der Waals surface area contributed by atoms with E-state index in [0.29, 0.717) is 24.3 Å². The third kappa shape index (κ3) is 2.90. The SMILES string of the molecule is O=C(O)C1CCCN(S(=O)(=O)c2ccc3c(c2)CCCC3)C1. The molecule has 0 amide bonds. The quantitative estimate of drug-likeness (QED) is 0.924. The maximum atomic E-state index is 12.8. The van der Waals surface area contributed by atoms with Crippen LogP contribution in [0, 0.1) is 5.92 Å². The van der Waals surface area contributed by atoms with Crippen LogP contribution in [-0.2, 0) is 27.7 Å². The molecular weight excluding hydrogens is 302 g/mol. The Morgan fingerprint density at radius 3 is 2.59 bits per heavy atom. The monoisotopic (exact) mass is 323 g/mol. The lowest BCUT2D eigenvalue weighted by Crippen LogP contribution is -2.42. The zero-order valence-electron chi connectivity index (χ0n) is 12.5. The molecule has 1 atom stereocenters. The number of carbonyl (C=O) groups is 1. The highest BCUT2D eigenvalue weighted by Crippen LogP contribution is 2.28. The second-order valence-corrected chi connectivity index (χ2v) is 8.12. The third-order valence-electron chi connectivity index (χ3n) is 4.69. The van der Waals surface area contributed by atoms with Crippen LogP contribution in [0.15, 0.2) is 23.1 Å². The van der Waals surface area contributed by atoms with E-state index in [1.54, 1.807) is 12.1 Å². The summed E-state index contributed by atoms with van der Waals surface area (Å²) in [7, 11) is -3.59. The van der Waals surface area contributed by atoms with Gasteiger partial charge in [0.25, 0.3) is 0 Å². The van der Waals surface area contributed by atoms with Crippen molar-refractivity contribution in [2.75, 3.05) is 13.1 Å². The van der Waals surface area contributed by atoms with Gasteiger partial charge in [0.15, 0.2) is 0 Å². The van der Waals surface area contributed by atoms with Crippen LogP contribution in [0.3, 0.4) is 0 Å². The van der Waals surface area contributed by atoms with Crippen molar-refractivity contribution in [2.24, 2.45) is 5.92 Å². The fourth-order valence-corrected chi connectivity index (χ4v) is 4.96. The normalized spacial score (nSPS) is 23.0. The second-order valence-electron chi connectivity index (χ2n) is 6.18. The average Bonchev–Trinajstić information content (AvgIpc) is 2.54. The van der Waals surface area contributed by atoms with Crippen molar-refractivity contribution in [1.82, 2.24) is 4.31 Å². The molecule has 6 heteroatoms. The smallest absolute Gasteiger partial charge is 0.307 e. The number of rotatable bonds is 3. The van der Waals surface area contributed by atoms with E-state index in [9.17, 15) is 13.2 Å². The molecule has 1 aromatic carbocycles. The van der Waals surface area contributed by atoms with Gasteiger partial charge in [0.2, 0.25) is 10.0 Å². The molecule has 0 spiro atoms. The van der Waals surface area contributed by atoms with Gasteiger partial charge in [-0.2, -0.15) is 4.31 Å². The summed E-state index contributed by atoms with van der Waals surface area (Å²) in [6, 6.07) is 5.37. The summed E-state index contributed by atoms with van der Waals surface area (Å²) in [6.07, 6.45) is 5.34. The maximum Gasteiger partial charge on any atom is 0.307 e. The van der Waals surface area contributed by atoms with E-state index in [1.807, 2.05) is 6.07 Å². The lowest BCUT2D eigenvalue weighted by Gasteiger charge is -2.30. The molecule has 0 aromatic heterocycles. The van der Waals surface area contributed by atoms with E-state index < -0.39 is 21.9 Å². The number of hydrogen-bond acceptors (Lipinski definition) is 3. The summed E-state index contributed by atoms with van der Waals surface area (Å²) in [5.41, 5.74) is 2.37. The van der Waals surface area contributed by atoms with Crippen LogP contribution < -0.4 is 0 Å². The molecule has 5 nitrogen and oxygen atoms in total. The van der Waals surface area contributed by atoms with Crippen LogP contribution in [0.5, 0.6) is 0 Å². The van der Waals surface area contributed by atoms with Crippen molar-refractivity contribution in [2.45, 2.75) is 43.4 Å². The Labute approximate surface area is 131 Å². The first-order valence-electron chi connectivity index (χ1n) is 7.83. The molecular formula is C16H21NO4S. The first-order valence-corrected chi connectivity index (χ1v) is 9.27. The van der Waals surface area contributed by atoms with E-state index >= 15 is 0 Å². The Morgan fingerprint density at radius 1 is 1.14 bits per heavy atom. The fourth-order valence-electron chi connectivity index (χ4n) is 3.38. The molecule has 1 aliphatic heterocycles. The Hall–Kier alpha value is -1.40. The van der Waals surface area contributed by atoms with Crippen molar-refractivity contribution in [1.29, 1.82) is 0 Å². The minimum Gasteiger partial charge on any atom is -0.481 e. The summed E-state index contributed by atoms with van der Waals surface area (Å²) in [5.74, 6) is -1.51. The number of hydrogen-bond donors (Lipinski definition) is 1. The van der Waals surface area contributed by atoms with Gasteiger partial charge >= 0.3 is 5.97 Å². The van der Waals surface area contributed by atoms with Gasteiger partial charge in [-0.25, -0.2) is 8.42 Å². The molecule has 1 fully saturated rings. The molecule has 1 aromatic rings. The number of aliphatic carboxylic acids is 1. The van der Waals surface area contributed by atoms with Crippen LogP contribution in [0.25, 0.3) is 0 Å². The topological polar surface area (TPSA) is 74.7 Å². The number of fused-ring (bicyclic) bond motifs is 1.